The van der Waals surface area contributed by atoms with Crippen LogP contribution in [0.2, 0.25) is 0 Å². The standard InChI is InChI=1S/C13H21N5O2/c1-3-20-13(19)10-4-5-15-12(11(10)14)16-18-8-6-17(2)7-9-18/h4-5H,3,6-9,14H2,1-2H3,(H,15,16). The zero-order chi connectivity index (χ0) is 14.5. The van der Waals surface area contributed by atoms with Crippen LogP contribution < -0.4 is 11.2 Å². The number of carbonyl (C=O) groups excluding carboxylic acids is 1. The van der Waals surface area contributed by atoms with Gasteiger partial charge in [0, 0.05) is 32.4 Å². The van der Waals surface area contributed by atoms with Crippen molar-refractivity contribution < 1.29 is 9.53 Å². The summed E-state index contributed by atoms with van der Waals surface area (Å²) in [5, 5.41) is 2.05. The molecule has 1 aliphatic rings. The maximum absolute atomic E-state index is 11.8. The number of carbonyl (C=O) groups is 1. The summed E-state index contributed by atoms with van der Waals surface area (Å²) in [5.74, 6) is 0.0777. The average molecular weight is 279 g/mol. The molecule has 2 rings (SSSR count). The number of anilines is 2. The van der Waals surface area contributed by atoms with Crippen molar-refractivity contribution in [3.8, 4) is 0 Å². The van der Waals surface area contributed by atoms with Gasteiger partial charge in [-0.25, -0.2) is 14.8 Å². The highest BCUT2D eigenvalue weighted by Gasteiger charge is 2.18. The summed E-state index contributed by atoms with van der Waals surface area (Å²) in [5.41, 5.74) is 9.84. The predicted octanol–water partition coefficient (Wildman–Crippen LogP) is 0.415. The Hall–Kier alpha value is -1.86. The summed E-state index contributed by atoms with van der Waals surface area (Å²) in [4.78, 5) is 18.2. The van der Waals surface area contributed by atoms with Crippen LogP contribution in [-0.2, 0) is 4.74 Å². The minimum absolute atomic E-state index is 0.321. The van der Waals surface area contributed by atoms with Crippen molar-refractivity contribution >= 4 is 17.5 Å². The van der Waals surface area contributed by atoms with Gasteiger partial charge < -0.3 is 20.8 Å². The Labute approximate surface area is 118 Å². The molecular weight excluding hydrogens is 258 g/mol. The minimum Gasteiger partial charge on any atom is -0.462 e. The number of aromatic nitrogens is 1. The number of nitrogen functional groups attached to an aromatic ring is 1. The van der Waals surface area contributed by atoms with Crippen LogP contribution in [0.4, 0.5) is 11.5 Å². The third-order valence-corrected chi connectivity index (χ3v) is 3.25. The molecule has 2 heterocycles. The fraction of sp³-hybridized carbons (Fsp3) is 0.538. The highest BCUT2D eigenvalue weighted by atomic mass is 16.5. The Balaban J connectivity index is 2.08. The molecule has 0 spiro atoms. The van der Waals surface area contributed by atoms with Crippen LogP contribution in [0, 0.1) is 0 Å². The van der Waals surface area contributed by atoms with Crippen molar-refractivity contribution in [3.63, 3.8) is 0 Å². The third kappa shape index (κ3) is 3.37. The van der Waals surface area contributed by atoms with Gasteiger partial charge >= 0.3 is 5.97 Å². The van der Waals surface area contributed by atoms with E-state index in [1.165, 1.54) is 0 Å². The van der Waals surface area contributed by atoms with E-state index >= 15 is 0 Å². The van der Waals surface area contributed by atoms with Crippen molar-refractivity contribution in [3.05, 3.63) is 17.8 Å². The number of pyridine rings is 1. The first-order valence-electron chi connectivity index (χ1n) is 6.73. The molecule has 3 N–H and O–H groups in total. The van der Waals surface area contributed by atoms with Crippen molar-refractivity contribution in [1.82, 2.24) is 14.9 Å². The van der Waals surface area contributed by atoms with Gasteiger partial charge in [-0.3, -0.25) is 0 Å². The van der Waals surface area contributed by atoms with Crippen molar-refractivity contribution in [2.75, 3.05) is 51.0 Å². The normalized spacial score (nSPS) is 16.9. The van der Waals surface area contributed by atoms with E-state index < -0.39 is 5.97 Å². The Morgan fingerprint density at radius 3 is 2.80 bits per heavy atom. The van der Waals surface area contributed by atoms with Gasteiger partial charge in [-0.2, -0.15) is 0 Å². The molecule has 0 saturated carbocycles. The lowest BCUT2D eigenvalue weighted by Crippen LogP contribution is -2.47. The fourth-order valence-corrected chi connectivity index (χ4v) is 2.02. The van der Waals surface area contributed by atoms with E-state index in [0.29, 0.717) is 23.7 Å². The van der Waals surface area contributed by atoms with E-state index in [9.17, 15) is 4.79 Å². The molecule has 0 aliphatic carbocycles. The number of piperazine rings is 1. The van der Waals surface area contributed by atoms with Crippen LogP contribution in [0.5, 0.6) is 0 Å². The van der Waals surface area contributed by atoms with Crippen LogP contribution >= 0.6 is 0 Å². The van der Waals surface area contributed by atoms with Gasteiger partial charge in [-0.05, 0) is 20.0 Å². The first-order chi connectivity index (χ1) is 9.61. The lowest BCUT2D eigenvalue weighted by Gasteiger charge is -2.33. The van der Waals surface area contributed by atoms with Gasteiger partial charge in [0.25, 0.3) is 0 Å². The van der Waals surface area contributed by atoms with E-state index in [4.69, 9.17) is 10.5 Å². The van der Waals surface area contributed by atoms with Gasteiger partial charge in [0.1, 0.15) is 0 Å². The molecule has 7 nitrogen and oxygen atoms in total. The highest BCUT2D eigenvalue weighted by Crippen LogP contribution is 2.21. The van der Waals surface area contributed by atoms with Crippen LogP contribution in [0.3, 0.4) is 0 Å². The molecule has 1 saturated heterocycles. The molecule has 110 valence electrons. The van der Waals surface area contributed by atoms with E-state index in [-0.39, 0.29) is 0 Å². The van der Waals surface area contributed by atoms with Crippen LogP contribution in [0.15, 0.2) is 12.3 Å². The maximum atomic E-state index is 11.8. The lowest BCUT2D eigenvalue weighted by molar-refractivity contribution is 0.0527. The highest BCUT2D eigenvalue weighted by molar-refractivity contribution is 5.97. The summed E-state index contributed by atoms with van der Waals surface area (Å²) in [6, 6.07) is 1.57. The van der Waals surface area contributed by atoms with Crippen molar-refractivity contribution in [2.24, 2.45) is 0 Å². The van der Waals surface area contributed by atoms with Crippen LogP contribution in [0.25, 0.3) is 0 Å². The molecule has 1 fully saturated rings. The molecule has 7 heteroatoms. The zero-order valence-corrected chi connectivity index (χ0v) is 11.9. The van der Waals surface area contributed by atoms with Gasteiger partial charge in [0.05, 0.1) is 17.9 Å². The molecule has 1 aliphatic heterocycles. The zero-order valence-electron chi connectivity index (χ0n) is 11.9. The monoisotopic (exact) mass is 279 g/mol. The van der Waals surface area contributed by atoms with Gasteiger partial charge in [-0.15, -0.1) is 0 Å². The molecule has 0 radical (unpaired) electrons. The van der Waals surface area contributed by atoms with Gasteiger partial charge in [0.15, 0.2) is 5.82 Å². The van der Waals surface area contributed by atoms with Crippen molar-refractivity contribution in [2.45, 2.75) is 6.92 Å². The quantitative estimate of drug-likeness (QED) is 0.772. The molecule has 1 aromatic rings. The number of hydrazine groups is 1. The van der Waals surface area contributed by atoms with E-state index in [2.05, 4.69) is 22.4 Å². The molecule has 0 amide bonds. The minimum atomic E-state index is -0.422. The molecule has 20 heavy (non-hydrogen) atoms. The second-order valence-corrected chi connectivity index (χ2v) is 4.74. The van der Waals surface area contributed by atoms with Gasteiger partial charge in [0.2, 0.25) is 0 Å². The number of nitrogens with two attached hydrogens (primary N) is 1. The average Bonchev–Trinajstić information content (AvgIpc) is 2.44. The number of ether oxygens (including phenoxy) is 1. The number of likely N-dealkylation sites (N-methyl/N-ethyl adjacent to an activating group) is 1. The first kappa shape index (κ1) is 14.5. The Kier molecular flexibility index (Phi) is 4.75. The van der Waals surface area contributed by atoms with Crippen LogP contribution in [0.1, 0.15) is 17.3 Å². The second kappa shape index (κ2) is 6.53. The summed E-state index contributed by atoms with van der Waals surface area (Å²) in [6.07, 6.45) is 1.56. The molecule has 0 aromatic carbocycles. The first-order valence-corrected chi connectivity index (χ1v) is 6.73. The Morgan fingerprint density at radius 1 is 1.45 bits per heavy atom. The fourth-order valence-electron chi connectivity index (χ4n) is 2.02. The Morgan fingerprint density at radius 2 is 2.15 bits per heavy atom. The topological polar surface area (TPSA) is 83.7 Å². The van der Waals surface area contributed by atoms with Crippen LogP contribution in [-0.4, -0.2) is 60.7 Å². The largest absolute Gasteiger partial charge is 0.462 e. The second-order valence-electron chi connectivity index (χ2n) is 4.74. The molecule has 0 unspecified atom stereocenters. The SMILES string of the molecule is CCOC(=O)c1ccnc(NN2CCN(C)CC2)c1N. The summed E-state index contributed by atoms with van der Waals surface area (Å²) in [6.45, 7) is 5.79. The Bertz CT molecular complexity index is 472. The molecular formula is C13H21N5O2. The molecule has 1 aromatic heterocycles. The number of esters is 1. The lowest BCUT2D eigenvalue weighted by atomic mass is 10.2. The number of hydrogen-bond donors (Lipinski definition) is 2. The number of rotatable bonds is 4. The number of nitrogens with zero attached hydrogens (tertiary/aromatic N) is 3. The van der Waals surface area contributed by atoms with E-state index in [1.54, 1.807) is 19.2 Å². The maximum Gasteiger partial charge on any atom is 0.340 e. The van der Waals surface area contributed by atoms with Gasteiger partial charge in [-0.1, -0.05) is 0 Å². The smallest absolute Gasteiger partial charge is 0.340 e. The number of hydrogen-bond acceptors (Lipinski definition) is 7. The number of nitrogens with one attached hydrogen (secondary N) is 1. The third-order valence-electron chi connectivity index (χ3n) is 3.25. The van der Waals surface area contributed by atoms with Crippen molar-refractivity contribution in [1.29, 1.82) is 0 Å². The summed E-state index contributed by atoms with van der Waals surface area (Å²) >= 11 is 0. The summed E-state index contributed by atoms with van der Waals surface area (Å²) < 4.78 is 4.97. The molecule has 0 bridgehead atoms. The van der Waals surface area contributed by atoms with E-state index in [0.717, 1.165) is 26.2 Å². The molecule has 0 atom stereocenters. The summed E-state index contributed by atoms with van der Waals surface area (Å²) in [7, 11) is 2.09. The van der Waals surface area contributed by atoms with E-state index in [1.807, 2.05) is 5.01 Å². The predicted molar refractivity (Wildman–Crippen MR) is 77.3 cm³/mol.